The van der Waals surface area contributed by atoms with E-state index in [2.05, 4.69) is 6.92 Å². The van der Waals surface area contributed by atoms with Crippen LogP contribution >= 0.6 is 0 Å². The molecule has 0 aliphatic rings. The molecule has 0 bridgehead atoms. The van der Waals surface area contributed by atoms with E-state index in [1.165, 1.54) is 31.8 Å². The summed E-state index contributed by atoms with van der Waals surface area (Å²) < 4.78 is 0.320. The van der Waals surface area contributed by atoms with E-state index in [0.29, 0.717) is 4.48 Å². The highest BCUT2D eigenvalue weighted by molar-refractivity contribution is 5.99. The van der Waals surface area contributed by atoms with Crippen molar-refractivity contribution in [2.45, 2.75) is 63.9 Å². The van der Waals surface area contributed by atoms with Crippen molar-refractivity contribution in [1.29, 1.82) is 0 Å². The van der Waals surface area contributed by atoms with E-state index < -0.39 is 23.8 Å². The number of hydrogen-bond donors (Lipinski definition) is 2. The zero-order valence-electron chi connectivity index (χ0n) is 15.2. The number of carboxylic acids is 1. The zero-order valence-corrected chi connectivity index (χ0v) is 15.2. The van der Waals surface area contributed by atoms with Crippen molar-refractivity contribution in [2.75, 3.05) is 27.7 Å². The number of nitrogens with zero attached hydrogens (tertiary/aromatic N) is 1. The molecule has 134 valence electrons. The van der Waals surface area contributed by atoms with Crippen molar-refractivity contribution in [3.05, 3.63) is 12.2 Å². The van der Waals surface area contributed by atoms with Gasteiger partial charge in [-0.05, 0) is 18.9 Å². The summed E-state index contributed by atoms with van der Waals surface area (Å²) in [4.78, 5) is 23.2. The number of rotatable bonds is 13. The quantitative estimate of drug-likeness (QED) is 0.310. The van der Waals surface area contributed by atoms with Gasteiger partial charge >= 0.3 is 5.97 Å². The molecule has 1 unspecified atom stereocenters. The van der Waals surface area contributed by atoms with E-state index in [9.17, 15) is 14.7 Å². The normalized spacial score (nSPS) is 14.8. The number of allylic oxidation sites excluding steroid dienone is 1. The molecule has 0 spiro atoms. The van der Waals surface area contributed by atoms with Crippen LogP contribution in [-0.2, 0) is 9.59 Å². The maximum atomic E-state index is 12.2. The standard InChI is InChI=1S/C18H33NO4/c1-5-6-7-8-9-10-11-12-13-16(20)18(23,14-17(21)22)15-19(2,3)4/h12-13,23H,5-11,14-15H2,1-4H3/p+1. The summed E-state index contributed by atoms with van der Waals surface area (Å²) in [5.74, 6) is -1.68. The van der Waals surface area contributed by atoms with E-state index >= 15 is 0 Å². The second-order valence-corrected chi connectivity index (χ2v) is 7.37. The van der Waals surface area contributed by atoms with Gasteiger partial charge in [-0.3, -0.25) is 9.59 Å². The van der Waals surface area contributed by atoms with E-state index in [-0.39, 0.29) is 6.54 Å². The molecule has 0 amide bonds. The van der Waals surface area contributed by atoms with Crippen molar-refractivity contribution in [3.63, 3.8) is 0 Å². The SMILES string of the molecule is CCCCCCCCC=CC(=O)C(O)(CC(=O)O)C[N+](C)(C)C. The Bertz CT molecular complexity index is 398. The van der Waals surface area contributed by atoms with E-state index in [0.717, 1.165) is 19.3 Å². The summed E-state index contributed by atoms with van der Waals surface area (Å²) in [6, 6.07) is 0. The van der Waals surface area contributed by atoms with Gasteiger partial charge in [0.1, 0.15) is 6.54 Å². The maximum absolute atomic E-state index is 12.2. The number of carbonyl (C=O) groups is 2. The van der Waals surface area contributed by atoms with Crippen LogP contribution in [0.5, 0.6) is 0 Å². The molecule has 0 aromatic rings. The monoisotopic (exact) mass is 328 g/mol. The van der Waals surface area contributed by atoms with Crippen molar-refractivity contribution < 1.29 is 24.3 Å². The van der Waals surface area contributed by atoms with Gasteiger partial charge < -0.3 is 14.7 Å². The van der Waals surface area contributed by atoms with E-state index in [1.807, 2.05) is 21.1 Å². The van der Waals surface area contributed by atoms with Crippen LogP contribution in [0, 0.1) is 0 Å². The van der Waals surface area contributed by atoms with Crippen molar-refractivity contribution in [1.82, 2.24) is 0 Å². The predicted octanol–water partition coefficient (Wildman–Crippen LogP) is 2.77. The summed E-state index contributed by atoms with van der Waals surface area (Å²) in [5.41, 5.74) is -1.85. The molecule has 0 saturated carbocycles. The lowest BCUT2D eigenvalue weighted by molar-refractivity contribution is -0.875. The van der Waals surface area contributed by atoms with Crippen LogP contribution in [0.3, 0.4) is 0 Å². The average molecular weight is 328 g/mol. The number of carboxylic acid groups (broad SMARTS) is 1. The molecule has 5 nitrogen and oxygen atoms in total. The lowest BCUT2D eigenvalue weighted by Gasteiger charge is -2.33. The molecule has 0 saturated heterocycles. The Morgan fingerprint density at radius 3 is 2.13 bits per heavy atom. The van der Waals surface area contributed by atoms with Gasteiger partial charge in [0.25, 0.3) is 0 Å². The summed E-state index contributed by atoms with van der Waals surface area (Å²) >= 11 is 0. The fraction of sp³-hybridized carbons (Fsp3) is 0.778. The molecule has 2 N–H and O–H groups in total. The Labute approximate surface area is 140 Å². The molecule has 0 heterocycles. The fourth-order valence-electron chi connectivity index (χ4n) is 2.64. The molecule has 0 radical (unpaired) electrons. The van der Waals surface area contributed by atoms with Gasteiger partial charge in [-0.2, -0.15) is 0 Å². The lowest BCUT2D eigenvalue weighted by Crippen LogP contribution is -2.54. The van der Waals surface area contributed by atoms with Crippen LogP contribution in [0.15, 0.2) is 12.2 Å². The molecular weight excluding hydrogens is 294 g/mol. The van der Waals surface area contributed by atoms with Gasteiger partial charge in [-0.15, -0.1) is 0 Å². The first-order valence-corrected chi connectivity index (χ1v) is 8.56. The topological polar surface area (TPSA) is 74.6 Å². The van der Waals surface area contributed by atoms with Gasteiger partial charge in [0.05, 0.1) is 27.6 Å². The number of carbonyl (C=O) groups excluding carboxylic acids is 1. The summed E-state index contributed by atoms with van der Waals surface area (Å²) in [6.07, 6.45) is 10.4. The zero-order chi connectivity index (χ0) is 17.9. The third kappa shape index (κ3) is 11.0. The van der Waals surface area contributed by atoms with Crippen molar-refractivity contribution in [2.24, 2.45) is 0 Å². The van der Waals surface area contributed by atoms with Gasteiger partial charge in [0, 0.05) is 0 Å². The molecule has 5 heteroatoms. The first kappa shape index (κ1) is 21.8. The smallest absolute Gasteiger partial charge is 0.307 e. The highest BCUT2D eigenvalue weighted by Gasteiger charge is 2.41. The third-order valence-electron chi connectivity index (χ3n) is 3.63. The third-order valence-corrected chi connectivity index (χ3v) is 3.63. The summed E-state index contributed by atoms with van der Waals surface area (Å²) in [7, 11) is 5.46. The van der Waals surface area contributed by atoms with Gasteiger partial charge in [-0.1, -0.05) is 45.1 Å². The van der Waals surface area contributed by atoms with Crippen LogP contribution in [0.2, 0.25) is 0 Å². The number of likely N-dealkylation sites (N-methyl/N-ethyl adjacent to an activating group) is 1. The predicted molar refractivity (Wildman–Crippen MR) is 92.2 cm³/mol. The number of hydrogen-bond acceptors (Lipinski definition) is 3. The molecular formula is C18H34NO4+. The number of unbranched alkanes of at least 4 members (excludes halogenated alkanes) is 6. The van der Waals surface area contributed by atoms with Crippen LogP contribution < -0.4 is 0 Å². The van der Waals surface area contributed by atoms with Crippen LogP contribution in [0.4, 0.5) is 0 Å². The first-order chi connectivity index (χ1) is 10.6. The summed E-state index contributed by atoms with van der Waals surface area (Å²) in [6.45, 7) is 2.25. The van der Waals surface area contributed by atoms with Gasteiger partial charge in [0.2, 0.25) is 0 Å². The molecule has 0 aromatic carbocycles. The lowest BCUT2D eigenvalue weighted by atomic mass is 9.92. The van der Waals surface area contributed by atoms with Crippen LogP contribution in [0.25, 0.3) is 0 Å². The summed E-state index contributed by atoms with van der Waals surface area (Å²) in [5, 5.41) is 19.5. The average Bonchev–Trinajstić information content (AvgIpc) is 2.38. The molecule has 0 aliphatic carbocycles. The maximum Gasteiger partial charge on any atom is 0.307 e. The molecule has 0 rings (SSSR count). The highest BCUT2D eigenvalue weighted by atomic mass is 16.4. The van der Waals surface area contributed by atoms with E-state index in [1.54, 1.807) is 6.08 Å². The van der Waals surface area contributed by atoms with Gasteiger partial charge in [0.15, 0.2) is 11.4 Å². The Balaban J connectivity index is 4.43. The van der Waals surface area contributed by atoms with Crippen molar-refractivity contribution >= 4 is 11.8 Å². The second-order valence-electron chi connectivity index (χ2n) is 7.37. The highest BCUT2D eigenvalue weighted by Crippen LogP contribution is 2.17. The number of aliphatic carboxylic acids is 1. The minimum absolute atomic E-state index is 0.0689. The Morgan fingerprint density at radius 1 is 1.04 bits per heavy atom. The van der Waals surface area contributed by atoms with E-state index in [4.69, 9.17) is 5.11 Å². The molecule has 0 fully saturated rings. The van der Waals surface area contributed by atoms with Crippen LogP contribution in [0.1, 0.15) is 58.3 Å². The molecule has 0 aliphatic heterocycles. The van der Waals surface area contributed by atoms with Crippen LogP contribution in [-0.4, -0.2) is 59.7 Å². The number of ketones is 1. The molecule has 1 atom stereocenters. The van der Waals surface area contributed by atoms with Gasteiger partial charge in [-0.25, -0.2) is 0 Å². The molecule has 0 aromatic heterocycles. The Hall–Kier alpha value is -1.20. The number of aliphatic hydroxyl groups is 1. The number of quaternary nitrogens is 1. The Kier molecular flexibility index (Phi) is 10.0. The minimum Gasteiger partial charge on any atom is -0.481 e. The minimum atomic E-state index is -1.85. The largest absolute Gasteiger partial charge is 0.481 e. The first-order valence-electron chi connectivity index (χ1n) is 8.56. The second kappa shape index (κ2) is 10.6. The van der Waals surface area contributed by atoms with Crippen molar-refractivity contribution in [3.8, 4) is 0 Å². The fourth-order valence-corrected chi connectivity index (χ4v) is 2.64. The Morgan fingerprint density at radius 2 is 1.61 bits per heavy atom. The molecule has 23 heavy (non-hydrogen) atoms.